The number of alkyl halides is 1. The number of benzene rings is 2. The minimum absolute atomic E-state index is 0.299. The second-order valence-corrected chi connectivity index (χ2v) is 10.3. The van der Waals surface area contributed by atoms with Gasteiger partial charge in [-0.1, -0.05) is 30.3 Å². The molecule has 35 heavy (non-hydrogen) atoms. The fourth-order valence-corrected chi connectivity index (χ4v) is 4.68. The number of hydrogen-bond donors (Lipinski definition) is 1. The molecule has 2 aromatic carbocycles. The lowest BCUT2D eigenvalue weighted by atomic mass is 9.87. The summed E-state index contributed by atoms with van der Waals surface area (Å²) in [5, 5.41) is 0.134. The van der Waals surface area contributed by atoms with Crippen molar-refractivity contribution in [2.24, 2.45) is 0 Å². The highest BCUT2D eigenvalue weighted by Crippen LogP contribution is 2.41. The quantitative estimate of drug-likeness (QED) is 0.415. The van der Waals surface area contributed by atoms with Crippen LogP contribution in [0.1, 0.15) is 60.9 Å². The van der Waals surface area contributed by atoms with Crippen molar-refractivity contribution in [2.45, 2.75) is 57.2 Å². The van der Waals surface area contributed by atoms with E-state index in [1.165, 1.54) is 12.0 Å². The Bertz CT molecular complexity index is 1270. The number of fused-ring (bicyclic) bond motifs is 3. The van der Waals surface area contributed by atoms with E-state index >= 15 is 0 Å². The van der Waals surface area contributed by atoms with Gasteiger partial charge in [-0.25, -0.2) is 9.59 Å². The molecular formula is C27H29ClN2O5. The summed E-state index contributed by atoms with van der Waals surface area (Å²) in [6.45, 7) is 7.01. The van der Waals surface area contributed by atoms with Crippen molar-refractivity contribution >= 4 is 40.3 Å². The number of carbonyl (C=O) groups excluding carboxylic acids is 3. The second-order valence-electron chi connectivity index (χ2n) is 9.69. The van der Waals surface area contributed by atoms with Gasteiger partial charge in [0.25, 0.3) is 0 Å². The minimum atomic E-state index is -0.851. The van der Waals surface area contributed by atoms with Gasteiger partial charge in [0.05, 0.1) is 18.7 Å². The first kappa shape index (κ1) is 24.8. The summed E-state index contributed by atoms with van der Waals surface area (Å²) in [5.74, 6) is -1.33. The van der Waals surface area contributed by atoms with Crippen LogP contribution in [0.5, 0.6) is 0 Å². The smallest absolute Gasteiger partial charge is 0.338 e. The van der Waals surface area contributed by atoms with Gasteiger partial charge in [-0.3, -0.25) is 4.79 Å². The number of rotatable bonds is 4. The molecular weight excluding hydrogens is 468 g/mol. The number of ether oxygens (including phenoxy) is 2. The first-order valence-electron chi connectivity index (χ1n) is 11.5. The van der Waals surface area contributed by atoms with Crippen LogP contribution in [-0.2, 0) is 25.5 Å². The molecule has 3 atom stereocenters. The number of nitrogens with one attached hydrogen (secondary N) is 1. The van der Waals surface area contributed by atoms with Gasteiger partial charge in [0, 0.05) is 23.0 Å². The van der Waals surface area contributed by atoms with E-state index in [4.69, 9.17) is 21.1 Å². The molecule has 2 heterocycles. The summed E-state index contributed by atoms with van der Waals surface area (Å²) in [6.07, 6.45) is 0.299. The Labute approximate surface area is 209 Å². The average Bonchev–Trinajstić information content (AvgIpc) is 3.19. The van der Waals surface area contributed by atoms with Crippen molar-refractivity contribution in [3.05, 3.63) is 70.9 Å². The highest BCUT2D eigenvalue weighted by molar-refractivity contribution is 6.30. The third kappa shape index (κ3) is 4.78. The number of aromatic amines is 1. The standard InChI is InChI=1S/C27H29ClN2O5/c1-15(28)24(31)30-21(26(33)34-5)14-19-18-8-6-7-9-20(18)29-22(19)23(30)16-10-12-17(13-11-16)25(32)35-27(2,3)4/h6-13,15,21,23,29H,14H2,1-5H3/t15?,21-,23+/m1/s1. The predicted octanol–water partition coefficient (Wildman–Crippen LogP) is 4.77. The van der Waals surface area contributed by atoms with Crippen LogP contribution in [0.4, 0.5) is 0 Å². The highest BCUT2D eigenvalue weighted by Gasteiger charge is 2.44. The molecule has 0 saturated heterocycles. The highest BCUT2D eigenvalue weighted by atomic mass is 35.5. The number of halogens is 1. The van der Waals surface area contributed by atoms with E-state index < -0.39 is 35.0 Å². The van der Waals surface area contributed by atoms with E-state index in [0.29, 0.717) is 12.0 Å². The first-order chi connectivity index (χ1) is 16.5. The van der Waals surface area contributed by atoms with Crippen molar-refractivity contribution in [1.82, 2.24) is 9.88 Å². The molecule has 1 N–H and O–H groups in total. The second kappa shape index (κ2) is 9.38. The molecule has 0 saturated carbocycles. The lowest BCUT2D eigenvalue weighted by Crippen LogP contribution is -2.53. The van der Waals surface area contributed by atoms with E-state index in [2.05, 4.69) is 4.98 Å². The van der Waals surface area contributed by atoms with Crippen molar-refractivity contribution in [3.63, 3.8) is 0 Å². The Kier molecular flexibility index (Phi) is 6.64. The molecule has 7 nitrogen and oxygen atoms in total. The van der Waals surface area contributed by atoms with Gasteiger partial charge in [-0.05, 0) is 57.0 Å². The molecule has 1 aliphatic heterocycles. The lowest BCUT2D eigenvalue weighted by molar-refractivity contribution is -0.154. The third-order valence-corrected chi connectivity index (χ3v) is 6.25. The minimum Gasteiger partial charge on any atom is -0.467 e. The Balaban J connectivity index is 1.86. The van der Waals surface area contributed by atoms with Crippen LogP contribution in [0.25, 0.3) is 10.9 Å². The van der Waals surface area contributed by atoms with Crippen LogP contribution in [0, 0.1) is 0 Å². The first-order valence-corrected chi connectivity index (χ1v) is 11.9. The number of amides is 1. The molecule has 8 heteroatoms. The Morgan fingerprint density at radius 1 is 1.09 bits per heavy atom. The summed E-state index contributed by atoms with van der Waals surface area (Å²) < 4.78 is 10.6. The van der Waals surface area contributed by atoms with Gasteiger partial charge in [-0.2, -0.15) is 0 Å². The van der Waals surface area contributed by atoms with Gasteiger partial charge in [-0.15, -0.1) is 11.6 Å². The van der Waals surface area contributed by atoms with Crippen LogP contribution in [-0.4, -0.2) is 51.9 Å². The van der Waals surface area contributed by atoms with E-state index in [0.717, 1.165) is 27.7 Å². The molecule has 0 spiro atoms. The molecule has 1 aromatic heterocycles. The number of nitrogens with zero attached hydrogens (tertiary/aromatic N) is 1. The summed E-state index contributed by atoms with van der Waals surface area (Å²) >= 11 is 6.25. The number of carbonyl (C=O) groups is 3. The summed E-state index contributed by atoms with van der Waals surface area (Å²) in [4.78, 5) is 43.8. The number of esters is 2. The molecule has 1 amide bonds. The summed E-state index contributed by atoms with van der Waals surface area (Å²) in [5.41, 5.74) is 3.16. The fourth-order valence-electron chi connectivity index (χ4n) is 4.57. The Hall–Kier alpha value is -3.32. The van der Waals surface area contributed by atoms with Gasteiger partial charge < -0.3 is 19.4 Å². The van der Waals surface area contributed by atoms with Crippen LogP contribution < -0.4 is 0 Å². The molecule has 0 bridgehead atoms. The zero-order chi connectivity index (χ0) is 25.5. The monoisotopic (exact) mass is 496 g/mol. The maximum atomic E-state index is 13.4. The van der Waals surface area contributed by atoms with Crippen LogP contribution in [0.15, 0.2) is 48.5 Å². The molecule has 184 valence electrons. The van der Waals surface area contributed by atoms with E-state index in [9.17, 15) is 14.4 Å². The molecule has 1 unspecified atom stereocenters. The van der Waals surface area contributed by atoms with Crippen molar-refractivity contribution < 1.29 is 23.9 Å². The van der Waals surface area contributed by atoms with E-state index in [-0.39, 0.29) is 5.91 Å². The molecule has 4 rings (SSSR count). The predicted molar refractivity (Wildman–Crippen MR) is 133 cm³/mol. The van der Waals surface area contributed by atoms with Gasteiger partial charge in [0.1, 0.15) is 17.0 Å². The van der Waals surface area contributed by atoms with Crippen molar-refractivity contribution in [3.8, 4) is 0 Å². The normalized spacial score (nSPS) is 18.6. The Morgan fingerprint density at radius 3 is 2.34 bits per heavy atom. The lowest BCUT2D eigenvalue weighted by Gasteiger charge is -2.41. The molecule has 1 aliphatic rings. The number of hydrogen-bond acceptors (Lipinski definition) is 5. The number of H-pyrrole nitrogens is 1. The number of para-hydroxylation sites is 1. The van der Waals surface area contributed by atoms with Crippen LogP contribution >= 0.6 is 11.6 Å². The molecule has 0 radical (unpaired) electrons. The van der Waals surface area contributed by atoms with Gasteiger partial charge in [0.2, 0.25) is 5.91 Å². The molecule has 0 aliphatic carbocycles. The zero-order valence-corrected chi connectivity index (χ0v) is 21.2. The van der Waals surface area contributed by atoms with Crippen LogP contribution in [0.3, 0.4) is 0 Å². The van der Waals surface area contributed by atoms with Crippen molar-refractivity contribution in [2.75, 3.05) is 7.11 Å². The maximum Gasteiger partial charge on any atom is 0.338 e. The SMILES string of the molecule is COC(=O)[C@H]1Cc2c([nH]c3ccccc23)[C@H](c2ccc(C(=O)OC(C)(C)C)cc2)N1C(=O)C(C)Cl. The summed E-state index contributed by atoms with van der Waals surface area (Å²) in [7, 11) is 1.31. The van der Waals surface area contributed by atoms with E-state index in [1.807, 2.05) is 45.0 Å². The van der Waals surface area contributed by atoms with Crippen molar-refractivity contribution in [1.29, 1.82) is 0 Å². The average molecular weight is 497 g/mol. The number of methoxy groups -OCH3 is 1. The van der Waals surface area contributed by atoms with Crippen LogP contribution in [0.2, 0.25) is 0 Å². The summed E-state index contributed by atoms with van der Waals surface area (Å²) in [6, 6.07) is 13.2. The molecule has 0 fully saturated rings. The number of aromatic nitrogens is 1. The molecule has 3 aromatic rings. The van der Waals surface area contributed by atoms with E-state index in [1.54, 1.807) is 31.2 Å². The van der Waals surface area contributed by atoms with Gasteiger partial charge >= 0.3 is 11.9 Å². The topological polar surface area (TPSA) is 88.7 Å². The zero-order valence-electron chi connectivity index (χ0n) is 20.4. The Morgan fingerprint density at radius 2 is 1.74 bits per heavy atom. The van der Waals surface area contributed by atoms with Gasteiger partial charge in [0.15, 0.2) is 0 Å². The maximum absolute atomic E-state index is 13.4. The fraction of sp³-hybridized carbons (Fsp3) is 0.370. The third-order valence-electron chi connectivity index (χ3n) is 6.06. The largest absolute Gasteiger partial charge is 0.467 e.